The first-order valence-corrected chi connectivity index (χ1v) is 6.50. The number of pyridine rings is 1. The second-order valence-corrected chi connectivity index (χ2v) is 5.15. The SMILES string of the molecule is Nc1ccc(-c2nc(C3CC4CCC3O4)no2)nc1. The second kappa shape index (κ2) is 4.03. The van der Waals surface area contributed by atoms with E-state index in [2.05, 4.69) is 15.1 Å². The van der Waals surface area contributed by atoms with Crippen LogP contribution in [0.15, 0.2) is 22.9 Å². The van der Waals surface area contributed by atoms with Crippen molar-refractivity contribution in [3.8, 4) is 11.6 Å². The van der Waals surface area contributed by atoms with Crippen molar-refractivity contribution in [2.45, 2.75) is 37.4 Å². The van der Waals surface area contributed by atoms with Crippen LogP contribution in [-0.4, -0.2) is 27.3 Å². The van der Waals surface area contributed by atoms with Crippen LogP contribution in [-0.2, 0) is 4.74 Å². The third-order valence-electron chi connectivity index (χ3n) is 3.88. The molecule has 2 fully saturated rings. The van der Waals surface area contributed by atoms with Gasteiger partial charge in [0.25, 0.3) is 5.89 Å². The predicted molar refractivity (Wildman–Crippen MR) is 67.2 cm³/mol. The Balaban J connectivity index is 1.61. The number of hydrogen-bond donors (Lipinski definition) is 1. The van der Waals surface area contributed by atoms with Crippen molar-refractivity contribution in [1.29, 1.82) is 0 Å². The van der Waals surface area contributed by atoms with E-state index in [1.807, 2.05) is 0 Å². The van der Waals surface area contributed by atoms with Crippen LogP contribution in [0.5, 0.6) is 0 Å². The number of aromatic nitrogens is 3. The largest absolute Gasteiger partial charge is 0.397 e. The maximum atomic E-state index is 5.82. The molecule has 0 spiro atoms. The third kappa shape index (κ3) is 1.79. The van der Waals surface area contributed by atoms with Gasteiger partial charge in [0.05, 0.1) is 30.0 Å². The van der Waals surface area contributed by atoms with E-state index in [0.29, 0.717) is 23.4 Å². The average Bonchev–Trinajstić information content (AvgIpc) is 3.15. The van der Waals surface area contributed by atoms with Gasteiger partial charge in [0, 0.05) is 0 Å². The molecule has 6 nitrogen and oxygen atoms in total. The van der Waals surface area contributed by atoms with E-state index in [1.54, 1.807) is 18.3 Å². The highest BCUT2D eigenvalue weighted by Crippen LogP contribution is 2.43. The molecular formula is C13H14N4O2. The van der Waals surface area contributed by atoms with Crippen LogP contribution in [0.1, 0.15) is 31.0 Å². The monoisotopic (exact) mass is 258 g/mol. The molecule has 3 atom stereocenters. The number of nitrogens with zero attached hydrogens (tertiary/aromatic N) is 3. The number of rotatable bonds is 2. The summed E-state index contributed by atoms with van der Waals surface area (Å²) in [5, 5.41) is 4.08. The van der Waals surface area contributed by atoms with Gasteiger partial charge in [-0.05, 0) is 31.4 Å². The lowest BCUT2D eigenvalue weighted by molar-refractivity contribution is 0.0996. The fraction of sp³-hybridized carbons (Fsp3) is 0.462. The molecule has 2 saturated heterocycles. The van der Waals surface area contributed by atoms with Crippen molar-refractivity contribution >= 4 is 5.69 Å². The Morgan fingerprint density at radius 1 is 1.26 bits per heavy atom. The Hall–Kier alpha value is -1.95. The van der Waals surface area contributed by atoms with E-state index >= 15 is 0 Å². The van der Waals surface area contributed by atoms with Crippen LogP contribution < -0.4 is 5.73 Å². The van der Waals surface area contributed by atoms with Gasteiger partial charge in [-0.1, -0.05) is 5.16 Å². The number of hydrogen-bond acceptors (Lipinski definition) is 6. The van der Waals surface area contributed by atoms with Crippen LogP contribution in [0.2, 0.25) is 0 Å². The summed E-state index contributed by atoms with van der Waals surface area (Å²) in [5.41, 5.74) is 6.87. The van der Waals surface area contributed by atoms with Crippen molar-refractivity contribution in [3.63, 3.8) is 0 Å². The first-order valence-electron chi connectivity index (χ1n) is 6.50. The summed E-state index contributed by atoms with van der Waals surface area (Å²) in [5.74, 6) is 1.45. The summed E-state index contributed by atoms with van der Waals surface area (Å²) in [6.45, 7) is 0. The molecule has 4 heterocycles. The van der Waals surface area contributed by atoms with Gasteiger partial charge < -0.3 is 15.0 Å². The molecule has 0 saturated carbocycles. The maximum Gasteiger partial charge on any atom is 0.276 e. The van der Waals surface area contributed by atoms with Gasteiger partial charge in [0.15, 0.2) is 5.82 Å². The van der Waals surface area contributed by atoms with Gasteiger partial charge in [-0.2, -0.15) is 4.98 Å². The summed E-state index contributed by atoms with van der Waals surface area (Å²) >= 11 is 0. The predicted octanol–water partition coefficient (Wildman–Crippen LogP) is 1.75. The smallest absolute Gasteiger partial charge is 0.276 e. The van der Waals surface area contributed by atoms with E-state index in [1.165, 1.54) is 0 Å². The summed E-state index contributed by atoms with van der Waals surface area (Å²) in [7, 11) is 0. The maximum absolute atomic E-state index is 5.82. The minimum absolute atomic E-state index is 0.259. The summed E-state index contributed by atoms with van der Waals surface area (Å²) < 4.78 is 11.1. The Bertz CT molecular complexity index is 595. The molecule has 2 N–H and O–H groups in total. The molecule has 0 amide bonds. The van der Waals surface area contributed by atoms with Gasteiger partial charge in [-0.15, -0.1) is 0 Å². The number of nitrogens with two attached hydrogens (primary N) is 1. The lowest BCUT2D eigenvalue weighted by Crippen LogP contribution is -2.15. The van der Waals surface area contributed by atoms with E-state index in [4.69, 9.17) is 15.0 Å². The molecular weight excluding hydrogens is 244 g/mol. The van der Waals surface area contributed by atoms with E-state index in [-0.39, 0.29) is 12.0 Å². The number of fused-ring (bicyclic) bond motifs is 2. The van der Waals surface area contributed by atoms with Crippen molar-refractivity contribution in [2.24, 2.45) is 0 Å². The highest BCUT2D eigenvalue weighted by Gasteiger charge is 2.43. The van der Waals surface area contributed by atoms with Crippen LogP contribution >= 0.6 is 0 Å². The number of nitrogen functional groups attached to an aromatic ring is 1. The molecule has 0 aromatic carbocycles. The minimum Gasteiger partial charge on any atom is -0.397 e. The minimum atomic E-state index is 0.259. The molecule has 2 aromatic heterocycles. The highest BCUT2D eigenvalue weighted by molar-refractivity contribution is 5.50. The van der Waals surface area contributed by atoms with Gasteiger partial charge >= 0.3 is 0 Å². The normalized spacial score (nSPS) is 28.9. The lowest BCUT2D eigenvalue weighted by Gasteiger charge is -2.13. The molecule has 0 radical (unpaired) electrons. The Morgan fingerprint density at radius 2 is 2.21 bits per heavy atom. The van der Waals surface area contributed by atoms with Gasteiger partial charge in [0.1, 0.15) is 5.69 Å². The molecule has 3 unspecified atom stereocenters. The first-order chi connectivity index (χ1) is 9.29. The van der Waals surface area contributed by atoms with Crippen LogP contribution in [0.25, 0.3) is 11.6 Å². The van der Waals surface area contributed by atoms with Crippen molar-refractivity contribution in [1.82, 2.24) is 15.1 Å². The highest BCUT2D eigenvalue weighted by atomic mass is 16.5. The lowest BCUT2D eigenvalue weighted by atomic mass is 9.89. The quantitative estimate of drug-likeness (QED) is 0.883. The molecule has 98 valence electrons. The molecule has 2 aliphatic heterocycles. The van der Waals surface area contributed by atoms with Crippen LogP contribution in [0.3, 0.4) is 0 Å². The standard InChI is InChI=1S/C13H14N4O2/c14-7-1-3-10(15-6-7)13-16-12(17-19-13)9-5-8-2-4-11(9)18-8/h1,3,6,8-9,11H,2,4-5,14H2. The molecule has 2 aliphatic rings. The molecule has 4 rings (SSSR count). The first kappa shape index (κ1) is 10.9. The zero-order valence-corrected chi connectivity index (χ0v) is 10.3. The summed E-state index contributed by atoms with van der Waals surface area (Å²) in [6, 6.07) is 3.55. The Morgan fingerprint density at radius 3 is 2.89 bits per heavy atom. The van der Waals surface area contributed by atoms with Gasteiger partial charge in [-0.25, -0.2) is 4.98 Å². The number of anilines is 1. The van der Waals surface area contributed by atoms with Crippen LogP contribution in [0, 0.1) is 0 Å². The molecule has 6 heteroatoms. The van der Waals surface area contributed by atoms with E-state index in [9.17, 15) is 0 Å². The van der Waals surface area contributed by atoms with E-state index < -0.39 is 0 Å². The zero-order valence-electron chi connectivity index (χ0n) is 10.3. The molecule has 2 aromatic rings. The van der Waals surface area contributed by atoms with Crippen molar-refractivity contribution < 1.29 is 9.26 Å². The summed E-state index contributed by atoms with van der Waals surface area (Å²) in [4.78, 5) is 8.63. The van der Waals surface area contributed by atoms with E-state index in [0.717, 1.165) is 25.1 Å². The van der Waals surface area contributed by atoms with Crippen LogP contribution in [0.4, 0.5) is 5.69 Å². The average molecular weight is 258 g/mol. The van der Waals surface area contributed by atoms with Crippen molar-refractivity contribution in [3.05, 3.63) is 24.2 Å². The van der Waals surface area contributed by atoms with Crippen molar-refractivity contribution in [2.75, 3.05) is 5.73 Å². The van der Waals surface area contributed by atoms with Gasteiger partial charge in [0.2, 0.25) is 0 Å². The topological polar surface area (TPSA) is 87.1 Å². The van der Waals surface area contributed by atoms with Gasteiger partial charge in [-0.3, -0.25) is 0 Å². The fourth-order valence-corrected chi connectivity index (χ4v) is 2.93. The Kier molecular flexibility index (Phi) is 2.32. The molecule has 0 aliphatic carbocycles. The second-order valence-electron chi connectivity index (χ2n) is 5.15. The number of ether oxygens (including phenoxy) is 1. The molecule has 2 bridgehead atoms. The third-order valence-corrected chi connectivity index (χ3v) is 3.88. The molecule has 19 heavy (non-hydrogen) atoms. The fourth-order valence-electron chi connectivity index (χ4n) is 2.93. The summed E-state index contributed by atoms with van der Waals surface area (Å²) in [6.07, 6.45) is 5.48. The Labute approximate surface area is 110 Å². The zero-order chi connectivity index (χ0) is 12.8.